The number of nitrogens with zero attached hydrogens (tertiary/aromatic N) is 2. The van der Waals surface area contributed by atoms with Crippen molar-refractivity contribution < 1.29 is 14.7 Å². The van der Waals surface area contributed by atoms with Crippen molar-refractivity contribution in [2.45, 2.75) is 6.04 Å². The summed E-state index contributed by atoms with van der Waals surface area (Å²) in [6, 6.07) is 0.396. The van der Waals surface area contributed by atoms with E-state index in [0.717, 1.165) is 0 Å². The number of rotatable bonds is 4. The molecule has 0 aliphatic rings. The van der Waals surface area contributed by atoms with E-state index in [1.165, 1.54) is 23.2 Å². The fraction of sp³-hybridized carbons (Fsp3) is 0.100. The number of amides is 1. The van der Waals surface area contributed by atoms with Crippen LogP contribution in [0.25, 0.3) is 0 Å². The highest BCUT2D eigenvalue weighted by Gasteiger charge is 2.29. The highest BCUT2D eigenvalue weighted by Crippen LogP contribution is 2.32. The molecule has 0 radical (unpaired) electrons. The highest BCUT2D eigenvalue weighted by molar-refractivity contribution is 9.13. The topological polar surface area (TPSA) is 114 Å². The van der Waals surface area contributed by atoms with Crippen LogP contribution < -0.4 is 5.73 Å². The Morgan fingerprint density at radius 3 is 2.63 bits per heavy atom. The second kappa shape index (κ2) is 5.17. The Hall–Kier alpha value is -1.61. The number of halogens is 2. The first-order valence-corrected chi connectivity index (χ1v) is 6.59. The van der Waals surface area contributed by atoms with Crippen LogP contribution in [0.1, 0.15) is 22.2 Å². The number of primary amides is 1. The molecular formula is C10H8Br2N4O3. The maximum atomic E-state index is 11.7. The van der Waals surface area contributed by atoms with Gasteiger partial charge in [0.15, 0.2) is 6.04 Å². The summed E-state index contributed by atoms with van der Waals surface area (Å²) in [4.78, 5) is 29.5. The van der Waals surface area contributed by atoms with Crippen LogP contribution in [0.4, 0.5) is 0 Å². The third-order valence-corrected chi connectivity index (χ3v) is 4.44. The van der Waals surface area contributed by atoms with E-state index < -0.39 is 17.9 Å². The number of carboxylic acids is 1. The Morgan fingerprint density at radius 1 is 1.47 bits per heavy atom. The highest BCUT2D eigenvalue weighted by atomic mass is 79.9. The number of nitrogens with two attached hydrogens (primary N) is 1. The van der Waals surface area contributed by atoms with Gasteiger partial charge in [-0.15, -0.1) is 0 Å². The van der Waals surface area contributed by atoms with Crippen LogP contribution >= 0.6 is 31.9 Å². The molecule has 9 heteroatoms. The molecule has 0 fully saturated rings. The number of hydrogen-bond donors (Lipinski definition) is 3. The number of nitrogens with one attached hydrogen (secondary N) is 1. The fourth-order valence-corrected chi connectivity index (χ4v) is 2.64. The van der Waals surface area contributed by atoms with E-state index in [-0.39, 0.29) is 5.69 Å². The van der Waals surface area contributed by atoms with Crippen molar-refractivity contribution in [3.63, 3.8) is 0 Å². The molecule has 4 N–H and O–H groups in total. The molecule has 2 heterocycles. The maximum absolute atomic E-state index is 11.7. The van der Waals surface area contributed by atoms with Crippen LogP contribution in [0, 0.1) is 0 Å². The van der Waals surface area contributed by atoms with E-state index >= 15 is 0 Å². The lowest BCUT2D eigenvalue weighted by atomic mass is 10.2. The quantitative estimate of drug-likeness (QED) is 0.732. The molecule has 1 amide bonds. The van der Waals surface area contributed by atoms with Crippen molar-refractivity contribution in [1.29, 1.82) is 0 Å². The van der Waals surface area contributed by atoms with Gasteiger partial charge in [0, 0.05) is 0 Å². The summed E-state index contributed by atoms with van der Waals surface area (Å²) in [6.45, 7) is 0. The summed E-state index contributed by atoms with van der Waals surface area (Å²) < 4.78 is 2.20. The largest absolute Gasteiger partial charge is 0.477 e. The molecule has 0 aromatic carbocycles. The molecule has 0 bridgehead atoms. The van der Waals surface area contributed by atoms with Gasteiger partial charge in [-0.05, 0) is 37.9 Å². The number of carbonyl (C=O) groups is 2. The second-order valence-electron chi connectivity index (χ2n) is 3.66. The van der Waals surface area contributed by atoms with Crippen LogP contribution in [0.3, 0.4) is 0 Å². The Bertz CT molecular complexity index is 635. The zero-order chi connectivity index (χ0) is 14.2. The maximum Gasteiger partial charge on any atom is 0.352 e. The fourth-order valence-electron chi connectivity index (χ4n) is 1.72. The molecule has 2 aromatic heterocycles. The number of carboxylic acid groups (broad SMARTS) is 1. The average molecular weight is 392 g/mol. The molecular weight excluding hydrogens is 384 g/mol. The van der Waals surface area contributed by atoms with Crippen LogP contribution in [0.2, 0.25) is 0 Å². The van der Waals surface area contributed by atoms with Gasteiger partial charge in [0.25, 0.3) is 0 Å². The SMILES string of the molecule is NC(=O)C(c1cnc[nH]1)n1c(C(=O)O)cc(Br)c1Br. The number of aromatic nitrogens is 3. The standard InChI is InChI=1S/C10H8Br2N4O3/c11-4-1-6(10(18)19)16(8(4)12)7(9(13)17)5-2-14-3-15-5/h1-3,7H,(H2,13,17)(H,14,15)(H,18,19). The van der Waals surface area contributed by atoms with Gasteiger partial charge >= 0.3 is 5.97 Å². The third-order valence-electron chi connectivity index (χ3n) is 2.49. The van der Waals surface area contributed by atoms with Crippen molar-refractivity contribution in [3.8, 4) is 0 Å². The smallest absolute Gasteiger partial charge is 0.352 e. The van der Waals surface area contributed by atoms with E-state index in [9.17, 15) is 14.7 Å². The predicted octanol–water partition coefficient (Wildman–Crippen LogP) is 1.51. The number of carbonyl (C=O) groups excluding carboxylic acids is 1. The zero-order valence-corrected chi connectivity index (χ0v) is 12.5. The van der Waals surface area contributed by atoms with Gasteiger partial charge in [0.2, 0.25) is 5.91 Å². The molecule has 100 valence electrons. The van der Waals surface area contributed by atoms with Crippen molar-refractivity contribution in [3.05, 3.63) is 39.1 Å². The van der Waals surface area contributed by atoms with E-state index in [2.05, 4.69) is 41.8 Å². The molecule has 0 aliphatic heterocycles. The van der Waals surface area contributed by atoms with Crippen molar-refractivity contribution in [2.75, 3.05) is 0 Å². The predicted molar refractivity (Wildman–Crippen MR) is 72.7 cm³/mol. The molecule has 0 saturated heterocycles. The number of imidazole rings is 1. The molecule has 2 aromatic rings. The van der Waals surface area contributed by atoms with Crippen LogP contribution in [-0.2, 0) is 4.79 Å². The summed E-state index contributed by atoms with van der Waals surface area (Å²) in [5, 5.41) is 9.19. The van der Waals surface area contributed by atoms with Crippen molar-refractivity contribution in [2.24, 2.45) is 5.73 Å². The molecule has 0 spiro atoms. The number of aromatic amines is 1. The number of aromatic carboxylic acids is 1. The molecule has 2 rings (SSSR count). The Labute approximate surface area is 124 Å². The summed E-state index contributed by atoms with van der Waals surface area (Å²) in [7, 11) is 0. The van der Waals surface area contributed by atoms with Gasteiger partial charge in [-0.25, -0.2) is 9.78 Å². The Balaban J connectivity index is 2.67. The van der Waals surface area contributed by atoms with E-state index in [0.29, 0.717) is 14.8 Å². The first-order chi connectivity index (χ1) is 8.93. The van der Waals surface area contributed by atoms with E-state index in [1.807, 2.05) is 0 Å². The van der Waals surface area contributed by atoms with Gasteiger partial charge in [0.1, 0.15) is 10.3 Å². The van der Waals surface area contributed by atoms with E-state index in [4.69, 9.17) is 5.73 Å². The van der Waals surface area contributed by atoms with Crippen LogP contribution in [0.5, 0.6) is 0 Å². The Morgan fingerprint density at radius 2 is 2.16 bits per heavy atom. The summed E-state index contributed by atoms with van der Waals surface area (Å²) >= 11 is 6.44. The number of H-pyrrole nitrogens is 1. The van der Waals surface area contributed by atoms with Gasteiger partial charge in [0.05, 0.1) is 22.7 Å². The van der Waals surface area contributed by atoms with Crippen molar-refractivity contribution in [1.82, 2.24) is 14.5 Å². The lowest BCUT2D eigenvalue weighted by Crippen LogP contribution is -2.30. The monoisotopic (exact) mass is 390 g/mol. The first-order valence-electron chi connectivity index (χ1n) is 5.00. The Kier molecular flexibility index (Phi) is 3.76. The molecule has 7 nitrogen and oxygen atoms in total. The molecule has 0 saturated carbocycles. The summed E-state index contributed by atoms with van der Waals surface area (Å²) in [5.41, 5.74) is 5.70. The van der Waals surface area contributed by atoms with E-state index in [1.54, 1.807) is 0 Å². The van der Waals surface area contributed by atoms with Gasteiger partial charge < -0.3 is 20.4 Å². The molecule has 1 atom stereocenters. The molecule has 0 aliphatic carbocycles. The second-order valence-corrected chi connectivity index (χ2v) is 5.26. The summed E-state index contributed by atoms with van der Waals surface area (Å²) in [6.07, 6.45) is 2.81. The summed E-state index contributed by atoms with van der Waals surface area (Å²) in [5.74, 6) is -1.87. The van der Waals surface area contributed by atoms with Gasteiger partial charge in [-0.1, -0.05) is 0 Å². The average Bonchev–Trinajstić information content (AvgIpc) is 2.92. The first kappa shape index (κ1) is 13.8. The number of hydrogen-bond acceptors (Lipinski definition) is 3. The molecule has 19 heavy (non-hydrogen) atoms. The third kappa shape index (κ3) is 2.43. The van der Waals surface area contributed by atoms with Gasteiger partial charge in [-0.2, -0.15) is 0 Å². The lowest BCUT2D eigenvalue weighted by molar-refractivity contribution is -0.120. The zero-order valence-electron chi connectivity index (χ0n) is 9.30. The minimum Gasteiger partial charge on any atom is -0.477 e. The van der Waals surface area contributed by atoms with Crippen LogP contribution in [0.15, 0.2) is 27.7 Å². The van der Waals surface area contributed by atoms with Crippen LogP contribution in [-0.4, -0.2) is 31.5 Å². The normalized spacial score (nSPS) is 12.3. The minimum atomic E-state index is -1.17. The molecule has 1 unspecified atom stereocenters. The van der Waals surface area contributed by atoms with Crippen molar-refractivity contribution >= 4 is 43.7 Å². The van der Waals surface area contributed by atoms with Gasteiger partial charge in [-0.3, -0.25) is 4.79 Å². The lowest BCUT2D eigenvalue weighted by Gasteiger charge is -2.17. The minimum absolute atomic E-state index is 0.0721.